The molecule has 0 saturated carbocycles. The van der Waals surface area contributed by atoms with Crippen LogP contribution in [-0.2, 0) is 13.1 Å². The molecule has 0 aliphatic rings. The van der Waals surface area contributed by atoms with Crippen LogP contribution in [0.4, 0.5) is 0 Å². The fourth-order valence-electron chi connectivity index (χ4n) is 2.31. The molecular formula is C14H19N5OS. The van der Waals surface area contributed by atoms with E-state index in [1.165, 1.54) is 11.8 Å². The van der Waals surface area contributed by atoms with Gasteiger partial charge in [0.15, 0.2) is 5.78 Å². The summed E-state index contributed by atoms with van der Waals surface area (Å²) in [5.41, 5.74) is 2.91. The molecule has 2 rings (SSSR count). The topological polar surface area (TPSA) is 65.6 Å². The molecule has 2 heterocycles. The lowest BCUT2D eigenvalue weighted by molar-refractivity contribution is 0.102. The van der Waals surface area contributed by atoms with Crippen LogP contribution in [0.25, 0.3) is 0 Å². The van der Waals surface area contributed by atoms with Crippen molar-refractivity contribution in [3.8, 4) is 0 Å². The fourth-order valence-corrected chi connectivity index (χ4v) is 3.08. The number of thioether (sulfide) groups is 1. The van der Waals surface area contributed by atoms with E-state index in [2.05, 4.69) is 33.6 Å². The third-order valence-corrected chi connectivity index (χ3v) is 4.28. The van der Waals surface area contributed by atoms with Crippen LogP contribution < -0.4 is 0 Å². The van der Waals surface area contributed by atoms with Gasteiger partial charge in [-0.15, -0.1) is 11.7 Å². The third-order valence-electron chi connectivity index (χ3n) is 3.32. The van der Waals surface area contributed by atoms with Crippen molar-refractivity contribution < 1.29 is 4.79 Å². The molecule has 0 spiro atoms. The van der Waals surface area contributed by atoms with Gasteiger partial charge in [-0.05, 0) is 37.3 Å². The van der Waals surface area contributed by atoms with Gasteiger partial charge in [-0.25, -0.2) is 4.68 Å². The molecule has 0 atom stereocenters. The van der Waals surface area contributed by atoms with Crippen LogP contribution in [0.3, 0.4) is 0 Å². The van der Waals surface area contributed by atoms with Gasteiger partial charge < -0.3 is 4.57 Å². The van der Waals surface area contributed by atoms with Gasteiger partial charge in [0.1, 0.15) is 0 Å². The van der Waals surface area contributed by atoms with Gasteiger partial charge in [-0.2, -0.15) is 0 Å². The zero-order valence-corrected chi connectivity index (χ0v) is 13.4. The van der Waals surface area contributed by atoms with Crippen molar-refractivity contribution in [1.82, 2.24) is 24.8 Å². The zero-order chi connectivity index (χ0) is 15.4. The maximum absolute atomic E-state index is 12.4. The largest absolute Gasteiger partial charge is 0.349 e. The van der Waals surface area contributed by atoms with E-state index in [4.69, 9.17) is 0 Å². The van der Waals surface area contributed by atoms with E-state index < -0.39 is 0 Å². The van der Waals surface area contributed by atoms with Crippen LogP contribution in [0.15, 0.2) is 23.9 Å². The van der Waals surface area contributed by atoms with Crippen molar-refractivity contribution in [2.24, 2.45) is 0 Å². The number of hydrogen-bond acceptors (Lipinski definition) is 5. The van der Waals surface area contributed by atoms with Crippen molar-refractivity contribution in [1.29, 1.82) is 0 Å². The van der Waals surface area contributed by atoms with Gasteiger partial charge >= 0.3 is 0 Å². The Kier molecular flexibility index (Phi) is 4.95. The SMILES string of the molecule is C=CCn1nnnc1SCC(=O)c1cc(C)n(CC)c1C. The highest BCUT2D eigenvalue weighted by molar-refractivity contribution is 7.99. The van der Waals surface area contributed by atoms with Crippen LogP contribution in [0.2, 0.25) is 0 Å². The van der Waals surface area contributed by atoms with Gasteiger partial charge in [0.2, 0.25) is 5.16 Å². The Balaban J connectivity index is 2.08. The maximum Gasteiger partial charge on any atom is 0.210 e. The minimum Gasteiger partial charge on any atom is -0.349 e. The Morgan fingerprint density at radius 1 is 1.48 bits per heavy atom. The van der Waals surface area contributed by atoms with Crippen molar-refractivity contribution in [2.75, 3.05) is 5.75 Å². The molecule has 0 aliphatic carbocycles. The molecule has 0 radical (unpaired) electrons. The van der Waals surface area contributed by atoms with Crippen LogP contribution >= 0.6 is 11.8 Å². The Bertz CT molecular complexity index is 658. The number of ketones is 1. The molecule has 7 heteroatoms. The minimum atomic E-state index is 0.0981. The number of carbonyl (C=O) groups is 1. The van der Waals surface area contributed by atoms with Gasteiger partial charge in [-0.1, -0.05) is 17.8 Å². The van der Waals surface area contributed by atoms with E-state index in [1.807, 2.05) is 19.9 Å². The molecule has 6 nitrogen and oxygen atoms in total. The predicted molar refractivity (Wildman–Crippen MR) is 82.6 cm³/mol. The summed E-state index contributed by atoms with van der Waals surface area (Å²) in [6, 6.07) is 1.95. The summed E-state index contributed by atoms with van der Waals surface area (Å²) < 4.78 is 3.76. The summed E-state index contributed by atoms with van der Waals surface area (Å²) >= 11 is 1.35. The van der Waals surface area contributed by atoms with Gasteiger partial charge in [0.25, 0.3) is 0 Å². The molecule has 2 aromatic rings. The Hall–Kier alpha value is -1.89. The highest BCUT2D eigenvalue weighted by Gasteiger charge is 2.16. The lowest BCUT2D eigenvalue weighted by atomic mass is 10.2. The van der Waals surface area contributed by atoms with Gasteiger partial charge in [0, 0.05) is 23.5 Å². The van der Waals surface area contributed by atoms with Crippen molar-refractivity contribution in [3.05, 3.63) is 35.7 Å². The summed E-state index contributed by atoms with van der Waals surface area (Å²) in [6.45, 7) is 11.1. The summed E-state index contributed by atoms with van der Waals surface area (Å²) in [6.07, 6.45) is 1.72. The predicted octanol–water partition coefficient (Wildman–Crippen LogP) is 2.27. The van der Waals surface area contributed by atoms with Crippen LogP contribution in [0.1, 0.15) is 28.7 Å². The number of allylic oxidation sites excluding steroid dienone is 1. The Labute approximate surface area is 128 Å². The van der Waals surface area contributed by atoms with Crippen molar-refractivity contribution >= 4 is 17.5 Å². The molecule has 112 valence electrons. The third kappa shape index (κ3) is 3.24. The average Bonchev–Trinajstić information content (AvgIpc) is 3.01. The second kappa shape index (κ2) is 6.71. The van der Waals surface area contributed by atoms with E-state index in [1.54, 1.807) is 10.8 Å². The van der Waals surface area contributed by atoms with E-state index in [0.717, 1.165) is 23.5 Å². The highest BCUT2D eigenvalue weighted by atomic mass is 32.2. The number of Topliss-reactive ketones (excluding diaryl/α,β-unsaturated/α-hetero) is 1. The average molecular weight is 305 g/mol. The first-order valence-electron chi connectivity index (χ1n) is 6.78. The van der Waals surface area contributed by atoms with Crippen molar-refractivity contribution in [2.45, 2.75) is 39.0 Å². The standard InChI is InChI=1S/C14H19N5OS/c1-5-7-19-14(15-16-17-19)21-9-13(20)12-8-10(3)18(6-2)11(12)4/h5,8H,1,6-7,9H2,2-4H3. The van der Waals surface area contributed by atoms with Crippen LogP contribution in [0, 0.1) is 13.8 Å². The summed E-state index contributed by atoms with van der Waals surface area (Å²) in [7, 11) is 0. The first-order chi connectivity index (χ1) is 10.1. The molecule has 21 heavy (non-hydrogen) atoms. The maximum atomic E-state index is 12.4. The monoisotopic (exact) mass is 305 g/mol. The number of tetrazole rings is 1. The second-order valence-electron chi connectivity index (χ2n) is 4.67. The lowest BCUT2D eigenvalue weighted by Gasteiger charge is -2.05. The first kappa shape index (κ1) is 15.5. The lowest BCUT2D eigenvalue weighted by Crippen LogP contribution is -2.07. The highest BCUT2D eigenvalue weighted by Crippen LogP contribution is 2.20. The van der Waals surface area contributed by atoms with E-state index in [0.29, 0.717) is 17.5 Å². The van der Waals surface area contributed by atoms with Gasteiger partial charge in [-0.3, -0.25) is 4.79 Å². The van der Waals surface area contributed by atoms with Crippen molar-refractivity contribution in [3.63, 3.8) is 0 Å². The van der Waals surface area contributed by atoms with E-state index >= 15 is 0 Å². The number of aromatic nitrogens is 5. The Morgan fingerprint density at radius 2 is 2.24 bits per heavy atom. The number of hydrogen-bond donors (Lipinski definition) is 0. The smallest absolute Gasteiger partial charge is 0.210 e. The molecule has 0 N–H and O–H groups in total. The van der Waals surface area contributed by atoms with Crippen LogP contribution in [-0.4, -0.2) is 36.3 Å². The molecular weight excluding hydrogens is 286 g/mol. The fraction of sp³-hybridized carbons (Fsp3) is 0.429. The number of rotatable bonds is 7. The number of nitrogens with zero attached hydrogens (tertiary/aromatic N) is 5. The molecule has 0 aromatic carbocycles. The quantitative estimate of drug-likeness (QED) is 0.446. The van der Waals surface area contributed by atoms with Crippen LogP contribution in [0.5, 0.6) is 0 Å². The zero-order valence-electron chi connectivity index (χ0n) is 12.5. The molecule has 0 unspecified atom stereocenters. The first-order valence-corrected chi connectivity index (χ1v) is 7.76. The van der Waals surface area contributed by atoms with Gasteiger partial charge in [0.05, 0.1) is 12.3 Å². The van der Waals surface area contributed by atoms with E-state index in [9.17, 15) is 4.79 Å². The summed E-state index contributed by atoms with van der Waals surface area (Å²) in [4.78, 5) is 12.4. The molecule has 0 saturated heterocycles. The molecule has 2 aromatic heterocycles. The minimum absolute atomic E-state index is 0.0981. The second-order valence-corrected chi connectivity index (χ2v) is 5.62. The number of aryl methyl sites for hydroxylation is 1. The Morgan fingerprint density at radius 3 is 2.86 bits per heavy atom. The molecule has 0 fully saturated rings. The normalized spacial score (nSPS) is 10.8. The van der Waals surface area contributed by atoms with E-state index in [-0.39, 0.29) is 5.78 Å². The summed E-state index contributed by atoms with van der Waals surface area (Å²) in [5.74, 6) is 0.423. The summed E-state index contributed by atoms with van der Waals surface area (Å²) in [5, 5.41) is 12.0. The molecule has 0 aliphatic heterocycles. The molecule has 0 amide bonds. The number of carbonyl (C=O) groups excluding carboxylic acids is 1. The molecule has 0 bridgehead atoms.